The van der Waals surface area contributed by atoms with Gasteiger partial charge in [-0.3, -0.25) is 0 Å². The first-order chi connectivity index (χ1) is 14.9. The number of hydrogen-bond acceptors (Lipinski definition) is 5. The number of carbonyl (C=O) groups is 1. The molecule has 0 aromatic rings. The summed E-state index contributed by atoms with van der Waals surface area (Å²) in [6.07, 6.45) is 3.27. The summed E-state index contributed by atoms with van der Waals surface area (Å²) in [7, 11) is -1.93. The lowest BCUT2D eigenvalue weighted by Crippen LogP contribution is -2.58. The van der Waals surface area contributed by atoms with Crippen LogP contribution in [0.25, 0.3) is 0 Å². The molecule has 1 aliphatic heterocycles. The van der Waals surface area contributed by atoms with E-state index in [0.717, 1.165) is 12.8 Å². The third-order valence-electron chi connectivity index (χ3n) is 8.26. The largest absolute Gasteiger partial charge is 0.445 e. The highest BCUT2D eigenvalue weighted by atomic mass is 35.6. The van der Waals surface area contributed by atoms with Gasteiger partial charge in [0.2, 0.25) is 3.79 Å². The second-order valence-corrected chi connectivity index (χ2v) is 18.4. The van der Waals surface area contributed by atoms with Crippen LogP contribution in [0.2, 0.25) is 18.1 Å². The molecule has 1 amide bonds. The maximum absolute atomic E-state index is 12.5. The molecular weight excluding hydrogens is 505 g/mol. The van der Waals surface area contributed by atoms with Gasteiger partial charge in [-0.2, -0.15) is 0 Å². The van der Waals surface area contributed by atoms with Gasteiger partial charge in [0, 0.05) is 23.9 Å². The zero-order chi connectivity index (χ0) is 25.3. The molecular formula is C23H40Cl3NO5Si. The molecule has 1 aliphatic carbocycles. The molecule has 1 spiro atoms. The monoisotopic (exact) mass is 543 g/mol. The Hall–Kier alpha value is -0.0231. The van der Waals surface area contributed by atoms with Gasteiger partial charge in [0.1, 0.15) is 6.61 Å². The number of amides is 1. The Balaban J connectivity index is 2.26. The van der Waals surface area contributed by atoms with E-state index in [2.05, 4.69) is 59.6 Å². The van der Waals surface area contributed by atoms with Crippen molar-refractivity contribution in [3.05, 3.63) is 12.7 Å². The van der Waals surface area contributed by atoms with E-state index in [1.165, 1.54) is 0 Å². The van der Waals surface area contributed by atoms with Crippen LogP contribution < -0.4 is 5.32 Å². The zero-order valence-electron chi connectivity index (χ0n) is 21.0. The topological polar surface area (TPSA) is 66.0 Å². The van der Waals surface area contributed by atoms with Crippen LogP contribution >= 0.6 is 34.8 Å². The molecule has 2 fully saturated rings. The SMILES string of the molecule is C=C[C@H](NC(=O)OCC(Cl)(Cl)Cl)[C@@]1(C)CCC2(OCCO2)[C@@]1(C)CCO[Si](C)(C)C(C)(C)C. The summed E-state index contributed by atoms with van der Waals surface area (Å²) < 4.78 is 22.5. The van der Waals surface area contributed by atoms with Crippen molar-refractivity contribution in [1.82, 2.24) is 5.32 Å². The van der Waals surface area contributed by atoms with E-state index in [1.807, 2.05) is 0 Å². The van der Waals surface area contributed by atoms with Gasteiger partial charge in [-0.25, -0.2) is 4.79 Å². The summed E-state index contributed by atoms with van der Waals surface area (Å²) in [4.78, 5) is 12.5. The van der Waals surface area contributed by atoms with Gasteiger partial charge < -0.3 is 24.0 Å². The van der Waals surface area contributed by atoms with E-state index in [0.29, 0.717) is 26.2 Å². The molecule has 0 bridgehead atoms. The van der Waals surface area contributed by atoms with Crippen molar-refractivity contribution >= 4 is 49.2 Å². The van der Waals surface area contributed by atoms with Crippen molar-refractivity contribution in [3.8, 4) is 0 Å². The fraction of sp³-hybridized carbons (Fsp3) is 0.870. The Kier molecular flexibility index (Phi) is 8.99. The third-order valence-corrected chi connectivity index (χ3v) is 13.1. The van der Waals surface area contributed by atoms with Gasteiger partial charge in [-0.05, 0) is 31.0 Å². The van der Waals surface area contributed by atoms with E-state index in [4.69, 9.17) is 53.4 Å². The number of nitrogens with one attached hydrogen (secondary N) is 1. The highest BCUT2D eigenvalue weighted by Gasteiger charge is 2.68. The highest BCUT2D eigenvalue weighted by Crippen LogP contribution is 2.64. The van der Waals surface area contributed by atoms with Crippen molar-refractivity contribution in [2.75, 3.05) is 26.4 Å². The van der Waals surface area contributed by atoms with Gasteiger partial charge >= 0.3 is 6.09 Å². The fourth-order valence-corrected chi connectivity index (χ4v) is 6.03. The van der Waals surface area contributed by atoms with E-state index < -0.39 is 40.9 Å². The number of carbonyl (C=O) groups excluding carboxylic acids is 1. The van der Waals surface area contributed by atoms with Crippen molar-refractivity contribution < 1.29 is 23.4 Å². The van der Waals surface area contributed by atoms with Crippen LogP contribution in [0, 0.1) is 10.8 Å². The zero-order valence-corrected chi connectivity index (χ0v) is 24.3. The third kappa shape index (κ3) is 6.04. The molecule has 0 radical (unpaired) electrons. The predicted molar refractivity (Wildman–Crippen MR) is 137 cm³/mol. The average Bonchev–Trinajstić information content (AvgIpc) is 3.24. The molecule has 1 heterocycles. The summed E-state index contributed by atoms with van der Waals surface area (Å²) >= 11 is 17.2. The molecule has 3 atom stereocenters. The molecule has 192 valence electrons. The molecule has 10 heteroatoms. The number of hydrogen-bond donors (Lipinski definition) is 1. The Bertz CT molecular complexity index is 718. The van der Waals surface area contributed by atoms with Gasteiger partial charge in [0.15, 0.2) is 14.1 Å². The lowest BCUT2D eigenvalue weighted by Gasteiger charge is -2.51. The molecule has 1 saturated carbocycles. The fourth-order valence-electron chi connectivity index (χ4n) is 4.82. The van der Waals surface area contributed by atoms with Crippen LogP contribution in [0.4, 0.5) is 4.79 Å². The Morgan fingerprint density at radius 3 is 2.24 bits per heavy atom. The molecule has 6 nitrogen and oxygen atoms in total. The van der Waals surface area contributed by atoms with Crippen molar-refractivity contribution in [2.24, 2.45) is 10.8 Å². The van der Waals surface area contributed by atoms with Crippen LogP contribution in [0.15, 0.2) is 12.7 Å². The minimum Gasteiger partial charge on any atom is -0.445 e. The van der Waals surface area contributed by atoms with Crippen molar-refractivity contribution in [1.29, 1.82) is 0 Å². The minimum atomic E-state index is -1.93. The molecule has 1 N–H and O–H groups in total. The smallest absolute Gasteiger partial charge is 0.407 e. The number of halogens is 3. The lowest BCUT2D eigenvalue weighted by atomic mass is 9.60. The van der Waals surface area contributed by atoms with Crippen molar-refractivity contribution in [3.63, 3.8) is 0 Å². The van der Waals surface area contributed by atoms with E-state index in [-0.39, 0.29) is 11.6 Å². The molecule has 2 aliphatic rings. The Morgan fingerprint density at radius 2 is 1.76 bits per heavy atom. The van der Waals surface area contributed by atoms with Crippen LogP contribution in [-0.4, -0.2) is 56.5 Å². The first-order valence-corrected chi connectivity index (χ1v) is 15.5. The van der Waals surface area contributed by atoms with E-state index in [1.54, 1.807) is 6.08 Å². The number of alkyl halides is 3. The van der Waals surface area contributed by atoms with Crippen molar-refractivity contribution in [2.45, 2.75) is 87.6 Å². The van der Waals surface area contributed by atoms with E-state index >= 15 is 0 Å². The first-order valence-electron chi connectivity index (χ1n) is 11.5. The van der Waals surface area contributed by atoms with Gasteiger partial charge in [0.25, 0.3) is 0 Å². The number of ether oxygens (including phenoxy) is 3. The summed E-state index contributed by atoms with van der Waals surface area (Å²) in [5.74, 6) is -0.733. The van der Waals surface area contributed by atoms with Gasteiger partial charge in [0.05, 0.1) is 19.3 Å². The van der Waals surface area contributed by atoms with Crippen LogP contribution in [-0.2, 0) is 18.6 Å². The molecule has 33 heavy (non-hydrogen) atoms. The predicted octanol–water partition coefficient (Wildman–Crippen LogP) is 6.60. The summed E-state index contributed by atoms with van der Waals surface area (Å²) in [6, 6.07) is -0.412. The maximum Gasteiger partial charge on any atom is 0.407 e. The van der Waals surface area contributed by atoms with Gasteiger partial charge in [-0.1, -0.05) is 75.5 Å². The average molecular weight is 545 g/mol. The number of alkyl carbamates (subject to hydrolysis) is 1. The molecule has 0 aromatic carbocycles. The quantitative estimate of drug-likeness (QED) is 0.212. The Morgan fingerprint density at radius 1 is 1.18 bits per heavy atom. The van der Waals surface area contributed by atoms with Crippen LogP contribution in [0.5, 0.6) is 0 Å². The molecule has 0 unspecified atom stereocenters. The maximum atomic E-state index is 12.5. The standard InChI is InChI=1S/C23H40Cl3NO5Si/c1-9-17(27-18(28)29-16-23(24,25)26)20(5)10-11-22(30-14-15-31-22)21(20,6)12-13-32-33(7,8)19(2,3)4/h9,17H,1,10-16H2,2-8H3,(H,27,28)/t17-,20+,21-/m0/s1. The summed E-state index contributed by atoms with van der Waals surface area (Å²) in [5, 5.41) is 3.03. The normalized spacial score (nSPS) is 28.7. The van der Waals surface area contributed by atoms with Crippen LogP contribution in [0.3, 0.4) is 0 Å². The van der Waals surface area contributed by atoms with Gasteiger partial charge in [-0.15, -0.1) is 6.58 Å². The highest BCUT2D eigenvalue weighted by molar-refractivity contribution is 6.74. The first kappa shape index (κ1) is 29.2. The molecule has 0 aromatic heterocycles. The Labute approximate surface area is 215 Å². The van der Waals surface area contributed by atoms with E-state index in [9.17, 15) is 4.79 Å². The summed E-state index contributed by atoms with van der Waals surface area (Å²) in [6.45, 7) is 20.8. The molecule has 1 saturated heterocycles. The molecule has 2 rings (SSSR count). The van der Waals surface area contributed by atoms with Crippen LogP contribution in [0.1, 0.15) is 53.9 Å². The summed E-state index contributed by atoms with van der Waals surface area (Å²) in [5.41, 5.74) is -0.894. The minimum absolute atomic E-state index is 0.113. The lowest BCUT2D eigenvalue weighted by molar-refractivity contribution is -0.241. The number of rotatable bonds is 8. The second kappa shape index (κ2) is 10.2. The second-order valence-electron chi connectivity index (χ2n) is 11.1.